The van der Waals surface area contributed by atoms with Gasteiger partial charge in [-0.3, -0.25) is 9.59 Å². The van der Waals surface area contributed by atoms with Crippen molar-refractivity contribution in [3.05, 3.63) is 62.4 Å². The van der Waals surface area contributed by atoms with Crippen molar-refractivity contribution in [3.63, 3.8) is 0 Å². The van der Waals surface area contributed by atoms with E-state index in [9.17, 15) is 9.59 Å². The van der Waals surface area contributed by atoms with Gasteiger partial charge in [0, 0.05) is 22.4 Å². The number of halogens is 2. The first kappa shape index (κ1) is 25.3. The molecule has 176 valence electrons. The van der Waals surface area contributed by atoms with Crippen molar-refractivity contribution >= 4 is 52.2 Å². The molecule has 0 saturated heterocycles. The fraction of sp³-hybridized carbons (Fsp3) is 0.375. The summed E-state index contributed by atoms with van der Waals surface area (Å²) in [5.74, 6) is 0.110. The highest BCUT2D eigenvalue weighted by atomic mass is 35.5. The molecule has 0 unspecified atom stereocenters. The van der Waals surface area contributed by atoms with Gasteiger partial charge in [0.25, 0.3) is 0 Å². The Kier molecular flexibility index (Phi) is 7.88. The van der Waals surface area contributed by atoms with Crippen LogP contribution in [0.2, 0.25) is 10.0 Å². The molecule has 0 aliphatic carbocycles. The van der Waals surface area contributed by atoms with E-state index < -0.39 is 0 Å². The predicted octanol–water partition coefficient (Wildman–Crippen LogP) is 5.96. The van der Waals surface area contributed by atoms with E-state index in [0.29, 0.717) is 21.6 Å². The normalized spacial score (nSPS) is 11.6. The molecule has 0 aliphatic rings. The van der Waals surface area contributed by atoms with Gasteiger partial charge in [-0.05, 0) is 43.5 Å². The second kappa shape index (κ2) is 10.3. The molecule has 0 atom stereocenters. The number of nitrogens with one attached hydrogen (secondary N) is 1. The topological polar surface area (TPSA) is 67.2 Å². The maximum absolute atomic E-state index is 13.0. The zero-order chi connectivity index (χ0) is 24.3. The quantitative estimate of drug-likeness (QED) is 0.429. The lowest BCUT2D eigenvalue weighted by Crippen LogP contribution is -2.43. The molecule has 6 nitrogen and oxygen atoms in total. The molecule has 0 radical (unpaired) electrons. The molecular weight excluding hydrogens is 479 g/mol. The van der Waals surface area contributed by atoms with Crippen LogP contribution in [0.15, 0.2) is 41.8 Å². The number of hydrogen-bond donors (Lipinski definition) is 1. The van der Waals surface area contributed by atoms with E-state index in [4.69, 9.17) is 28.3 Å². The van der Waals surface area contributed by atoms with Crippen molar-refractivity contribution in [3.8, 4) is 5.69 Å². The maximum atomic E-state index is 13.0. The van der Waals surface area contributed by atoms with Crippen molar-refractivity contribution in [1.82, 2.24) is 14.7 Å². The largest absolute Gasteiger partial charge is 0.331 e. The molecule has 0 aliphatic heterocycles. The average Bonchev–Trinajstić information content (AvgIpc) is 3.37. The Bertz CT molecular complexity index is 1130. The van der Waals surface area contributed by atoms with Gasteiger partial charge in [0.2, 0.25) is 11.8 Å². The Morgan fingerprint density at radius 2 is 1.88 bits per heavy atom. The predicted molar refractivity (Wildman–Crippen MR) is 136 cm³/mol. The van der Waals surface area contributed by atoms with Crippen LogP contribution < -0.4 is 5.32 Å². The molecule has 1 N–H and O–H groups in total. The van der Waals surface area contributed by atoms with E-state index >= 15 is 0 Å². The first-order chi connectivity index (χ1) is 15.5. The molecular formula is C24H28Cl2N4O2S. The lowest BCUT2D eigenvalue weighted by Gasteiger charge is -2.26. The van der Waals surface area contributed by atoms with E-state index in [2.05, 4.69) is 5.32 Å². The van der Waals surface area contributed by atoms with E-state index in [1.807, 2.05) is 58.2 Å². The number of hydrogen-bond acceptors (Lipinski definition) is 4. The standard InChI is InChI=1S/C24H28Cl2N4O2S/c1-15(2)29(23(32)12-17-7-6-10-33-17)14-22(31)27-21-13-20(24(3,4)5)28-30(21)16-8-9-18(25)19(26)11-16/h6-11,13,15H,12,14H2,1-5H3,(H,27,31). The Balaban J connectivity index is 1.84. The second-order valence-corrected chi connectivity index (χ2v) is 10.9. The molecule has 3 rings (SSSR count). The number of carbonyl (C=O) groups excluding carboxylic acids is 2. The van der Waals surface area contributed by atoms with Gasteiger partial charge >= 0.3 is 0 Å². The second-order valence-electron chi connectivity index (χ2n) is 9.09. The molecule has 3 aromatic rings. The fourth-order valence-electron chi connectivity index (χ4n) is 3.21. The van der Waals surface area contributed by atoms with Crippen LogP contribution >= 0.6 is 34.5 Å². The minimum absolute atomic E-state index is 0.0563. The van der Waals surface area contributed by atoms with E-state index in [1.165, 1.54) is 11.3 Å². The highest BCUT2D eigenvalue weighted by Crippen LogP contribution is 2.29. The number of rotatable bonds is 7. The first-order valence-electron chi connectivity index (χ1n) is 10.6. The zero-order valence-corrected chi connectivity index (χ0v) is 21.7. The summed E-state index contributed by atoms with van der Waals surface area (Å²) in [6.45, 7) is 9.88. The van der Waals surface area contributed by atoms with E-state index in [-0.39, 0.29) is 36.2 Å². The third-order valence-corrected chi connectivity index (χ3v) is 6.67. The van der Waals surface area contributed by atoms with Crippen LogP contribution in [0.3, 0.4) is 0 Å². The molecule has 0 saturated carbocycles. The van der Waals surface area contributed by atoms with Gasteiger partial charge in [-0.15, -0.1) is 11.3 Å². The molecule has 2 heterocycles. The average molecular weight is 507 g/mol. The molecule has 0 bridgehead atoms. The van der Waals surface area contributed by atoms with Gasteiger partial charge in [0.1, 0.15) is 12.4 Å². The van der Waals surface area contributed by atoms with Crippen LogP contribution in [-0.4, -0.2) is 39.1 Å². The molecule has 2 aromatic heterocycles. The lowest BCUT2D eigenvalue weighted by molar-refractivity contribution is -0.135. The van der Waals surface area contributed by atoms with Crippen molar-refractivity contribution in [2.45, 2.75) is 52.5 Å². The van der Waals surface area contributed by atoms with Gasteiger partial charge < -0.3 is 10.2 Å². The third kappa shape index (κ3) is 6.37. The zero-order valence-electron chi connectivity index (χ0n) is 19.4. The van der Waals surface area contributed by atoms with Crippen LogP contribution in [0.5, 0.6) is 0 Å². The Hall–Kier alpha value is -2.35. The van der Waals surface area contributed by atoms with Crippen LogP contribution in [0, 0.1) is 0 Å². The number of nitrogens with zero attached hydrogens (tertiary/aromatic N) is 3. The first-order valence-corrected chi connectivity index (χ1v) is 12.3. The summed E-state index contributed by atoms with van der Waals surface area (Å²) >= 11 is 13.8. The van der Waals surface area contributed by atoms with Gasteiger partial charge in [-0.25, -0.2) is 4.68 Å². The number of thiophene rings is 1. The van der Waals surface area contributed by atoms with Gasteiger partial charge in [-0.2, -0.15) is 5.10 Å². The van der Waals surface area contributed by atoms with Gasteiger partial charge in [0.15, 0.2) is 0 Å². The van der Waals surface area contributed by atoms with Gasteiger partial charge in [0.05, 0.1) is 27.8 Å². The number of aromatic nitrogens is 2. The van der Waals surface area contributed by atoms with Crippen LogP contribution in [0.1, 0.15) is 45.2 Å². The van der Waals surface area contributed by atoms with Crippen LogP contribution in [-0.2, 0) is 21.4 Å². The summed E-state index contributed by atoms with van der Waals surface area (Å²) in [6, 6.07) is 10.7. The Morgan fingerprint density at radius 3 is 2.45 bits per heavy atom. The maximum Gasteiger partial charge on any atom is 0.245 e. The SMILES string of the molecule is CC(C)N(CC(=O)Nc1cc(C(C)(C)C)nn1-c1ccc(Cl)c(Cl)c1)C(=O)Cc1cccs1. The van der Waals surface area contributed by atoms with Crippen molar-refractivity contribution in [2.24, 2.45) is 0 Å². The minimum atomic E-state index is -0.301. The number of anilines is 1. The lowest BCUT2D eigenvalue weighted by atomic mass is 9.92. The molecule has 0 fully saturated rings. The highest BCUT2D eigenvalue weighted by molar-refractivity contribution is 7.10. The summed E-state index contributed by atoms with van der Waals surface area (Å²) in [5, 5.41) is 10.4. The summed E-state index contributed by atoms with van der Waals surface area (Å²) < 4.78 is 1.63. The third-order valence-electron chi connectivity index (χ3n) is 5.06. The van der Waals surface area contributed by atoms with Crippen LogP contribution in [0.4, 0.5) is 5.82 Å². The minimum Gasteiger partial charge on any atom is -0.331 e. The fourth-order valence-corrected chi connectivity index (χ4v) is 4.20. The van der Waals surface area contributed by atoms with Crippen molar-refractivity contribution in [1.29, 1.82) is 0 Å². The molecule has 0 spiro atoms. The van der Waals surface area contributed by atoms with Crippen LogP contribution in [0.25, 0.3) is 5.69 Å². The molecule has 33 heavy (non-hydrogen) atoms. The summed E-state index contributed by atoms with van der Waals surface area (Å²) in [4.78, 5) is 28.4. The number of carbonyl (C=O) groups is 2. The molecule has 9 heteroatoms. The van der Waals surface area contributed by atoms with Crippen molar-refractivity contribution < 1.29 is 9.59 Å². The highest BCUT2D eigenvalue weighted by Gasteiger charge is 2.24. The van der Waals surface area contributed by atoms with E-state index in [0.717, 1.165) is 10.6 Å². The van der Waals surface area contributed by atoms with Crippen molar-refractivity contribution in [2.75, 3.05) is 11.9 Å². The smallest absolute Gasteiger partial charge is 0.245 e. The Morgan fingerprint density at radius 1 is 1.15 bits per heavy atom. The number of amides is 2. The molecule has 1 aromatic carbocycles. The Labute approximate surface area is 208 Å². The number of benzene rings is 1. The summed E-state index contributed by atoms with van der Waals surface area (Å²) in [5.41, 5.74) is 1.24. The molecule has 2 amide bonds. The summed E-state index contributed by atoms with van der Waals surface area (Å²) in [6.07, 6.45) is 0.276. The van der Waals surface area contributed by atoms with Gasteiger partial charge in [-0.1, -0.05) is 50.0 Å². The summed E-state index contributed by atoms with van der Waals surface area (Å²) in [7, 11) is 0. The monoisotopic (exact) mass is 506 g/mol. The van der Waals surface area contributed by atoms with E-state index in [1.54, 1.807) is 27.8 Å².